The molecule has 1 unspecified atom stereocenters. The van der Waals surface area contributed by atoms with Crippen LogP contribution in [-0.2, 0) is 4.74 Å². The third-order valence-electron chi connectivity index (χ3n) is 2.49. The molecular formula is C11H11BrCl2N2O3. The van der Waals surface area contributed by atoms with E-state index in [1.807, 2.05) is 0 Å². The highest BCUT2D eigenvalue weighted by Gasteiger charge is 2.30. The van der Waals surface area contributed by atoms with Gasteiger partial charge in [0.05, 0.1) is 23.6 Å². The smallest absolute Gasteiger partial charge is 0.230 e. The van der Waals surface area contributed by atoms with Crippen molar-refractivity contribution in [3.05, 3.63) is 32.9 Å². The van der Waals surface area contributed by atoms with Gasteiger partial charge < -0.3 is 14.9 Å². The number of benzene rings is 1. The van der Waals surface area contributed by atoms with Gasteiger partial charge in [-0.2, -0.15) is 0 Å². The van der Waals surface area contributed by atoms with Crippen LogP contribution in [0.25, 0.3) is 0 Å². The van der Waals surface area contributed by atoms with E-state index in [0.29, 0.717) is 20.8 Å². The number of hydrogen-bond donors (Lipinski definition) is 2. The molecule has 1 atom stereocenters. The second-order valence-electron chi connectivity index (χ2n) is 4.00. The van der Waals surface area contributed by atoms with Gasteiger partial charge >= 0.3 is 0 Å². The largest absolute Gasteiger partial charge is 0.394 e. The average Bonchev–Trinajstić information content (AvgIpc) is 2.68. The molecule has 0 fully saturated rings. The number of ether oxygens (including phenoxy) is 1. The lowest BCUT2D eigenvalue weighted by Crippen LogP contribution is -2.30. The van der Waals surface area contributed by atoms with Gasteiger partial charge in [-0.25, -0.2) is 9.98 Å². The van der Waals surface area contributed by atoms with E-state index in [1.165, 1.54) is 0 Å². The lowest BCUT2D eigenvalue weighted by molar-refractivity contribution is -0.0262. The van der Waals surface area contributed by atoms with Gasteiger partial charge in [0.15, 0.2) is 0 Å². The highest BCUT2D eigenvalue weighted by atomic mass is 79.9. The summed E-state index contributed by atoms with van der Waals surface area (Å²) in [7, 11) is 0. The van der Waals surface area contributed by atoms with E-state index in [9.17, 15) is 0 Å². The monoisotopic (exact) mass is 368 g/mol. The minimum Gasteiger partial charge on any atom is -0.394 e. The Labute approximate surface area is 127 Å². The molecular weight excluding hydrogens is 359 g/mol. The summed E-state index contributed by atoms with van der Waals surface area (Å²) in [5.41, 5.74) is 0. The molecule has 19 heavy (non-hydrogen) atoms. The summed E-state index contributed by atoms with van der Waals surface area (Å²) in [4.78, 5) is 8.67. The van der Waals surface area contributed by atoms with Crippen molar-refractivity contribution in [1.29, 1.82) is 0 Å². The van der Waals surface area contributed by atoms with Crippen LogP contribution >= 0.6 is 39.1 Å². The quantitative estimate of drug-likeness (QED) is 0.591. The lowest BCUT2D eigenvalue weighted by Gasteiger charge is -2.19. The number of halogens is 3. The SMILES string of the molecule is OCC(CO)OCC1(Br)N=c2cc(Cl)cc(Cl)c2=N1. The van der Waals surface area contributed by atoms with Crippen LogP contribution in [0.15, 0.2) is 22.1 Å². The molecule has 104 valence electrons. The number of aliphatic hydroxyl groups excluding tert-OH is 2. The van der Waals surface area contributed by atoms with Crippen molar-refractivity contribution in [2.75, 3.05) is 19.8 Å². The van der Waals surface area contributed by atoms with E-state index < -0.39 is 10.7 Å². The van der Waals surface area contributed by atoms with Crippen molar-refractivity contribution < 1.29 is 14.9 Å². The minimum atomic E-state index is -1.01. The Morgan fingerprint density at radius 1 is 1.26 bits per heavy atom. The molecule has 0 aliphatic carbocycles. The van der Waals surface area contributed by atoms with Gasteiger partial charge in [-0.3, -0.25) is 0 Å². The summed E-state index contributed by atoms with van der Waals surface area (Å²) in [6, 6.07) is 3.25. The maximum atomic E-state index is 8.94. The van der Waals surface area contributed by atoms with Crippen molar-refractivity contribution in [1.82, 2.24) is 0 Å². The van der Waals surface area contributed by atoms with Gasteiger partial charge in [0.25, 0.3) is 0 Å². The van der Waals surface area contributed by atoms with E-state index in [4.69, 9.17) is 38.2 Å². The molecule has 0 saturated carbocycles. The van der Waals surface area contributed by atoms with Gasteiger partial charge in [0, 0.05) is 5.02 Å². The first-order valence-corrected chi connectivity index (χ1v) is 6.99. The van der Waals surface area contributed by atoms with Gasteiger partial charge in [-0.1, -0.05) is 23.2 Å². The second kappa shape index (κ2) is 6.03. The minimum absolute atomic E-state index is 0.0570. The predicted molar refractivity (Wildman–Crippen MR) is 74.3 cm³/mol. The molecule has 1 aromatic rings. The van der Waals surface area contributed by atoms with Gasteiger partial charge in [0.2, 0.25) is 4.57 Å². The molecule has 1 aliphatic heterocycles. The number of rotatable bonds is 5. The zero-order chi connectivity index (χ0) is 14.0. The molecule has 0 amide bonds. The summed E-state index contributed by atoms with van der Waals surface area (Å²) in [5.74, 6) is 0. The van der Waals surface area contributed by atoms with Crippen LogP contribution in [0.2, 0.25) is 10.0 Å². The fourth-order valence-corrected chi connectivity index (χ4v) is 2.61. The molecule has 2 rings (SSSR count). The molecule has 0 aromatic heterocycles. The van der Waals surface area contributed by atoms with Crippen LogP contribution in [0.3, 0.4) is 0 Å². The van der Waals surface area contributed by atoms with Crippen molar-refractivity contribution in [3.8, 4) is 0 Å². The summed E-state index contributed by atoms with van der Waals surface area (Å²) < 4.78 is 4.31. The molecule has 1 aromatic carbocycles. The fourth-order valence-electron chi connectivity index (χ4n) is 1.58. The van der Waals surface area contributed by atoms with Crippen LogP contribution in [0, 0.1) is 0 Å². The molecule has 5 nitrogen and oxygen atoms in total. The first-order valence-electron chi connectivity index (χ1n) is 5.44. The van der Waals surface area contributed by atoms with Crippen LogP contribution in [0.4, 0.5) is 0 Å². The van der Waals surface area contributed by atoms with Gasteiger partial charge in [-0.05, 0) is 28.1 Å². The number of aliphatic hydroxyl groups is 2. The van der Waals surface area contributed by atoms with Crippen LogP contribution in [-0.4, -0.2) is 40.7 Å². The van der Waals surface area contributed by atoms with Crippen molar-refractivity contribution in [3.63, 3.8) is 0 Å². The number of nitrogens with zero attached hydrogens (tertiary/aromatic N) is 2. The molecule has 0 saturated heterocycles. The first-order chi connectivity index (χ1) is 8.97. The Kier molecular flexibility index (Phi) is 4.81. The Balaban J connectivity index is 2.24. The fraction of sp³-hybridized carbons (Fsp3) is 0.455. The molecule has 1 heterocycles. The van der Waals surface area contributed by atoms with Crippen LogP contribution in [0.1, 0.15) is 0 Å². The molecule has 0 spiro atoms. The maximum absolute atomic E-state index is 8.94. The zero-order valence-corrected chi connectivity index (χ0v) is 12.8. The van der Waals surface area contributed by atoms with Gasteiger partial charge in [-0.15, -0.1) is 0 Å². The van der Waals surface area contributed by atoms with Crippen molar-refractivity contribution in [2.24, 2.45) is 9.98 Å². The van der Waals surface area contributed by atoms with E-state index in [-0.39, 0.29) is 19.8 Å². The Morgan fingerprint density at radius 2 is 1.95 bits per heavy atom. The average molecular weight is 370 g/mol. The van der Waals surface area contributed by atoms with E-state index >= 15 is 0 Å². The van der Waals surface area contributed by atoms with Crippen molar-refractivity contribution in [2.45, 2.75) is 10.7 Å². The Bertz CT molecular complexity index is 594. The molecule has 2 N–H and O–H groups in total. The van der Waals surface area contributed by atoms with Crippen LogP contribution in [0.5, 0.6) is 0 Å². The third kappa shape index (κ3) is 3.45. The normalized spacial score (nSPS) is 21.2. The number of hydrogen-bond acceptors (Lipinski definition) is 5. The standard InChI is InChI=1S/C11H11BrCl2N2O3/c12-11(5-19-7(3-17)4-18)15-9-2-6(13)1-8(14)10(9)16-11/h1-2,7,17-18H,3-5H2. The Hall–Kier alpha value is -0.240. The predicted octanol–water partition coefficient (Wildman–Crippen LogP) is 0.665. The molecule has 0 bridgehead atoms. The van der Waals surface area contributed by atoms with Gasteiger partial charge in [0.1, 0.15) is 18.1 Å². The van der Waals surface area contributed by atoms with E-state index in [2.05, 4.69) is 25.9 Å². The maximum Gasteiger partial charge on any atom is 0.230 e. The van der Waals surface area contributed by atoms with E-state index in [1.54, 1.807) is 12.1 Å². The highest BCUT2D eigenvalue weighted by molar-refractivity contribution is 9.10. The zero-order valence-electron chi connectivity index (χ0n) is 9.68. The second-order valence-corrected chi connectivity index (χ2v) is 6.11. The molecule has 1 aliphatic rings. The summed E-state index contributed by atoms with van der Waals surface area (Å²) in [6.07, 6.45) is -0.664. The Morgan fingerprint density at radius 3 is 2.58 bits per heavy atom. The van der Waals surface area contributed by atoms with Crippen LogP contribution < -0.4 is 10.7 Å². The lowest BCUT2D eigenvalue weighted by atomic mass is 10.3. The number of alkyl halides is 1. The number of fused-ring (bicyclic) bond motifs is 1. The topological polar surface area (TPSA) is 74.4 Å². The first kappa shape index (κ1) is 15.2. The highest BCUT2D eigenvalue weighted by Crippen LogP contribution is 2.24. The summed E-state index contributed by atoms with van der Waals surface area (Å²) in [5, 5.41) is 19.9. The summed E-state index contributed by atoms with van der Waals surface area (Å²) >= 11 is 15.3. The third-order valence-corrected chi connectivity index (χ3v) is 3.58. The van der Waals surface area contributed by atoms with E-state index in [0.717, 1.165) is 0 Å². The van der Waals surface area contributed by atoms with Crippen molar-refractivity contribution >= 4 is 39.1 Å². The molecule has 0 radical (unpaired) electrons. The summed E-state index contributed by atoms with van der Waals surface area (Å²) in [6.45, 7) is -0.500. The molecule has 8 heteroatoms.